The summed E-state index contributed by atoms with van der Waals surface area (Å²) >= 11 is 1.70. The standard InChI is InChI=1S/C9H12N4S/c1-3-13-8-6-10-12-9(14-4-2)7(8)5-11-13/h5-6H,3-4H2,1-2H3. The molecule has 74 valence electrons. The Morgan fingerprint density at radius 2 is 2.21 bits per heavy atom. The van der Waals surface area contributed by atoms with E-state index in [0.29, 0.717) is 0 Å². The Bertz CT molecular complexity index is 437. The predicted molar refractivity (Wildman–Crippen MR) is 57.4 cm³/mol. The Hall–Kier alpha value is -1.10. The summed E-state index contributed by atoms with van der Waals surface area (Å²) in [7, 11) is 0. The second kappa shape index (κ2) is 3.96. The quantitative estimate of drug-likeness (QED) is 0.723. The van der Waals surface area contributed by atoms with E-state index in [1.54, 1.807) is 18.0 Å². The molecular weight excluding hydrogens is 196 g/mol. The summed E-state index contributed by atoms with van der Waals surface area (Å²) in [5, 5.41) is 14.4. The largest absolute Gasteiger partial charge is 0.263 e. The van der Waals surface area contributed by atoms with Gasteiger partial charge < -0.3 is 0 Å². The van der Waals surface area contributed by atoms with E-state index in [1.807, 2.05) is 10.9 Å². The highest BCUT2D eigenvalue weighted by Gasteiger charge is 2.07. The van der Waals surface area contributed by atoms with Crippen LogP contribution in [-0.2, 0) is 6.54 Å². The molecule has 0 aliphatic rings. The molecule has 0 aliphatic heterocycles. The number of nitrogens with zero attached hydrogens (tertiary/aromatic N) is 4. The van der Waals surface area contributed by atoms with Gasteiger partial charge in [-0.15, -0.1) is 16.9 Å². The average molecular weight is 208 g/mol. The summed E-state index contributed by atoms with van der Waals surface area (Å²) in [5.41, 5.74) is 1.07. The van der Waals surface area contributed by atoms with Gasteiger partial charge in [-0.2, -0.15) is 10.2 Å². The van der Waals surface area contributed by atoms with E-state index in [2.05, 4.69) is 29.1 Å². The van der Waals surface area contributed by atoms with Crippen LogP contribution in [0.25, 0.3) is 10.9 Å². The number of hydrogen-bond acceptors (Lipinski definition) is 4. The lowest BCUT2D eigenvalue weighted by Crippen LogP contribution is -1.96. The summed E-state index contributed by atoms with van der Waals surface area (Å²) in [5.74, 6) is 1.01. The van der Waals surface area contributed by atoms with Crippen LogP contribution >= 0.6 is 11.8 Å². The van der Waals surface area contributed by atoms with E-state index < -0.39 is 0 Å². The van der Waals surface area contributed by atoms with Gasteiger partial charge in [0.15, 0.2) is 0 Å². The van der Waals surface area contributed by atoms with Crippen molar-refractivity contribution in [3.8, 4) is 0 Å². The van der Waals surface area contributed by atoms with E-state index >= 15 is 0 Å². The summed E-state index contributed by atoms with van der Waals surface area (Å²) in [4.78, 5) is 0. The SMILES string of the molecule is CCSc1nncc2c1cnn2CC. The van der Waals surface area contributed by atoms with E-state index in [0.717, 1.165) is 28.2 Å². The van der Waals surface area contributed by atoms with Gasteiger partial charge in [0.05, 0.1) is 23.3 Å². The van der Waals surface area contributed by atoms with Crippen LogP contribution in [0.1, 0.15) is 13.8 Å². The molecular formula is C9H12N4S. The van der Waals surface area contributed by atoms with Gasteiger partial charge in [0.25, 0.3) is 0 Å². The summed E-state index contributed by atoms with van der Waals surface area (Å²) in [6.45, 7) is 5.04. The normalized spacial score (nSPS) is 11.0. The van der Waals surface area contributed by atoms with E-state index in [4.69, 9.17) is 0 Å². The van der Waals surface area contributed by atoms with Gasteiger partial charge in [-0.05, 0) is 12.7 Å². The van der Waals surface area contributed by atoms with Gasteiger partial charge in [-0.25, -0.2) is 0 Å². The molecule has 0 N–H and O–H groups in total. The minimum atomic E-state index is 0.866. The van der Waals surface area contributed by atoms with Crippen molar-refractivity contribution >= 4 is 22.7 Å². The lowest BCUT2D eigenvalue weighted by atomic mass is 10.4. The fraction of sp³-hybridized carbons (Fsp3) is 0.444. The van der Waals surface area contributed by atoms with Crippen molar-refractivity contribution in [2.75, 3.05) is 5.75 Å². The molecule has 0 saturated heterocycles. The molecule has 0 atom stereocenters. The molecule has 5 heteroatoms. The zero-order chi connectivity index (χ0) is 9.97. The molecule has 2 heterocycles. The number of thioether (sulfide) groups is 1. The highest BCUT2D eigenvalue weighted by molar-refractivity contribution is 7.99. The smallest absolute Gasteiger partial charge is 0.130 e. The Kier molecular flexibility index (Phi) is 2.67. The first-order valence-corrected chi connectivity index (χ1v) is 5.65. The summed E-state index contributed by atoms with van der Waals surface area (Å²) < 4.78 is 1.93. The lowest BCUT2D eigenvalue weighted by molar-refractivity contribution is 0.682. The monoisotopic (exact) mass is 208 g/mol. The van der Waals surface area contributed by atoms with E-state index in [-0.39, 0.29) is 0 Å². The van der Waals surface area contributed by atoms with Gasteiger partial charge in [-0.1, -0.05) is 6.92 Å². The van der Waals surface area contributed by atoms with Gasteiger partial charge in [0.2, 0.25) is 0 Å². The van der Waals surface area contributed by atoms with Gasteiger partial charge in [0.1, 0.15) is 5.03 Å². The zero-order valence-electron chi connectivity index (χ0n) is 8.27. The minimum absolute atomic E-state index is 0.866. The maximum Gasteiger partial charge on any atom is 0.130 e. The Balaban J connectivity index is 2.58. The third kappa shape index (κ3) is 1.48. The van der Waals surface area contributed by atoms with Crippen LogP contribution in [0.2, 0.25) is 0 Å². The third-order valence-electron chi connectivity index (χ3n) is 2.02. The highest BCUT2D eigenvalue weighted by Crippen LogP contribution is 2.23. The summed E-state index contributed by atoms with van der Waals surface area (Å²) in [6.07, 6.45) is 3.64. The van der Waals surface area contributed by atoms with Crippen LogP contribution in [0, 0.1) is 0 Å². The van der Waals surface area contributed by atoms with Crippen molar-refractivity contribution in [1.29, 1.82) is 0 Å². The molecule has 0 spiro atoms. The minimum Gasteiger partial charge on any atom is -0.263 e. The van der Waals surface area contributed by atoms with Crippen LogP contribution in [0.3, 0.4) is 0 Å². The van der Waals surface area contributed by atoms with Crippen LogP contribution in [0.4, 0.5) is 0 Å². The van der Waals surface area contributed by atoms with Crippen molar-refractivity contribution in [1.82, 2.24) is 20.0 Å². The highest BCUT2D eigenvalue weighted by atomic mass is 32.2. The molecule has 0 unspecified atom stereocenters. The molecule has 4 nitrogen and oxygen atoms in total. The molecule has 0 aromatic carbocycles. The number of fused-ring (bicyclic) bond motifs is 1. The van der Waals surface area contributed by atoms with Gasteiger partial charge in [-0.3, -0.25) is 4.68 Å². The maximum absolute atomic E-state index is 4.28. The molecule has 0 bridgehead atoms. The van der Waals surface area contributed by atoms with Crippen LogP contribution in [0.15, 0.2) is 17.4 Å². The first kappa shape index (κ1) is 9.45. The molecule has 0 radical (unpaired) electrons. The van der Waals surface area contributed by atoms with Crippen molar-refractivity contribution in [2.24, 2.45) is 0 Å². The lowest BCUT2D eigenvalue weighted by Gasteiger charge is -1.99. The molecule has 0 saturated carbocycles. The number of hydrogen-bond donors (Lipinski definition) is 0. The second-order valence-corrected chi connectivity index (χ2v) is 4.09. The molecule has 0 amide bonds. The Morgan fingerprint density at radius 3 is 2.93 bits per heavy atom. The molecule has 0 aliphatic carbocycles. The topological polar surface area (TPSA) is 43.6 Å². The molecule has 0 fully saturated rings. The fourth-order valence-corrected chi connectivity index (χ4v) is 2.07. The van der Waals surface area contributed by atoms with Crippen LogP contribution in [0.5, 0.6) is 0 Å². The maximum atomic E-state index is 4.28. The predicted octanol–water partition coefficient (Wildman–Crippen LogP) is 1.96. The number of aryl methyl sites for hydroxylation is 1. The van der Waals surface area contributed by atoms with Crippen molar-refractivity contribution in [3.05, 3.63) is 12.4 Å². The van der Waals surface area contributed by atoms with Crippen LogP contribution < -0.4 is 0 Å². The van der Waals surface area contributed by atoms with Crippen molar-refractivity contribution in [2.45, 2.75) is 25.4 Å². The fourth-order valence-electron chi connectivity index (χ4n) is 1.38. The average Bonchev–Trinajstić information content (AvgIpc) is 2.62. The van der Waals surface area contributed by atoms with E-state index in [9.17, 15) is 0 Å². The molecule has 14 heavy (non-hydrogen) atoms. The first-order chi connectivity index (χ1) is 6.86. The zero-order valence-corrected chi connectivity index (χ0v) is 9.08. The Morgan fingerprint density at radius 1 is 1.36 bits per heavy atom. The summed E-state index contributed by atoms with van der Waals surface area (Å²) in [6, 6.07) is 0. The van der Waals surface area contributed by atoms with Crippen molar-refractivity contribution < 1.29 is 0 Å². The number of aromatic nitrogens is 4. The van der Waals surface area contributed by atoms with Crippen LogP contribution in [-0.4, -0.2) is 25.7 Å². The first-order valence-electron chi connectivity index (χ1n) is 4.66. The molecule has 2 aromatic heterocycles. The molecule has 2 aromatic rings. The van der Waals surface area contributed by atoms with Gasteiger partial charge in [0, 0.05) is 6.54 Å². The Labute approximate surface area is 86.7 Å². The number of rotatable bonds is 3. The molecule has 2 rings (SSSR count). The second-order valence-electron chi connectivity index (χ2n) is 2.84. The van der Waals surface area contributed by atoms with Crippen molar-refractivity contribution in [3.63, 3.8) is 0 Å². The third-order valence-corrected chi connectivity index (χ3v) is 2.88. The van der Waals surface area contributed by atoms with E-state index in [1.165, 1.54) is 0 Å². The van der Waals surface area contributed by atoms with Gasteiger partial charge >= 0.3 is 0 Å².